The van der Waals surface area contributed by atoms with E-state index in [1.54, 1.807) is 13.8 Å². The lowest BCUT2D eigenvalue weighted by Crippen LogP contribution is -2.06. The smallest absolute Gasteiger partial charge is 0.133 e. The summed E-state index contributed by atoms with van der Waals surface area (Å²) in [6.45, 7) is 6.15. The molecule has 0 amide bonds. The largest absolute Gasteiger partial charge is 0.370 e. The van der Waals surface area contributed by atoms with Crippen molar-refractivity contribution >= 4 is 5.82 Å². The average molecular weight is 263 g/mol. The molecule has 5 heteroatoms. The molecule has 0 aliphatic rings. The molecule has 0 saturated heterocycles. The second kappa shape index (κ2) is 5.30. The van der Waals surface area contributed by atoms with Crippen LogP contribution in [0.15, 0.2) is 18.2 Å². The summed E-state index contributed by atoms with van der Waals surface area (Å²) in [6.07, 6.45) is 0. The molecule has 0 saturated carbocycles. The van der Waals surface area contributed by atoms with Crippen molar-refractivity contribution in [2.45, 2.75) is 20.8 Å². The molecule has 1 N–H and O–H groups in total. The van der Waals surface area contributed by atoms with Crippen LogP contribution in [0.2, 0.25) is 0 Å². The van der Waals surface area contributed by atoms with Gasteiger partial charge < -0.3 is 5.32 Å². The zero-order valence-electron chi connectivity index (χ0n) is 11.1. The van der Waals surface area contributed by atoms with Gasteiger partial charge in [-0.2, -0.15) is 0 Å². The van der Waals surface area contributed by atoms with E-state index in [4.69, 9.17) is 0 Å². The molecule has 1 aromatic heterocycles. The number of aryl methyl sites for hydroxylation is 1. The Morgan fingerprint density at radius 1 is 1.16 bits per heavy atom. The first-order valence-electron chi connectivity index (χ1n) is 6.07. The van der Waals surface area contributed by atoms with E-state index in [2.05, 4.69) is 15.3 Å². The van der Waals surface area contributed by atoms with Gasteiger partial charge in [0.25, 0.3) is 0 Å². The normalized spacial score (nSPS) is 10.6. The number of nitrogens with one attached hydrogen (secondary N) is 1. The second-order valence-corrected chi connectivity index (χ2v) is 4.25. The molecule has 0 aliphatic heterocycles. The summed E-state index contributed by atoms with van der Waals surface area (Å²) in [5.41, 5.74) is 1.28. The van der Waals surface area contributed by atoms with Gasteiger partial charge in [0.05, 0.1) is 5.69 Å². The first-order valence-corrected chi connectivity index (χ1v) is 6.07. The van der Waals surface area contributed by atoms with Gasteiger partial charge in [-0.3, -0.25) is 0 Å². The number of anilines is 1. The molecule has 3 nitrogen and oxygen atoms in total. The van der Waals surface area contributed by atoms with Crippen molar-refractivity contribution in [3.63, 3.8) is 0 Å². The minimum Gasteiger partial charge on any atom is -0.370 e. The minimum absolute atomic E-state index is 0.155. The molecule has 0 aliphatic carbocycles. The Labute approximate surface area is 110 Å². The zero-order chi connectivity index (χ0) is 14.0. The van der Waals surface area contributed by atoms with Crippen LogP contribution in [0.5, 0.6) is 0 Å². The standard InChI is InChI=1S/C14H15F2N3/c1-4-17-14-8(2)13(18-9(3)19-14)11-7-10(15)5-6-12(11)16/h5-7H,4H2,1-3H3,(H,17,18,19). The van der Waals surface area contributed by atoms with Gasteiger partial charge in [0.2, 0.25) is 0 Å². The summed E-state index contributed by atoms with van der Waals surface area (Å²) in [6, 6.07) is 3.35. The number of nitrogens with zero attached hydrogens (tertiary/aromatic N) is 2. The third-order valence-electron chi connectivity index (χ3n) is 2.79. The first kappa shape index (κ1) is 13.4. The van der Waals surface area contributed by atoms with Crippen molar-refractivity contribution in [1.29, 1.82) is 0 Å². The summed E-state index contributed by atoms with van der Waals surface area (Å²) in [5.74, 6) is 0.177. The first-order chi connectivity index (χ1) is 9.02. The molecule has 0 fully saturated rings. The molecular formula is C14H15F2N3. The van der Waals surface area contributed by atoms with Crippen LogP contribution in [0, 0.1) is 25.5 Å². The summed E-state index contributed by atoms with van der Waals surface area (Å²) >= 11 is 0. The van der Waals surface area contributed by atoms with Crippen molar-refractivity contribution in [3.05, 3.63) is 41.2 Å². The molecule has 1 heterocycles. The van der Waals surface area contributed by atoms with Gasteiger partial charge in [0.15, 0.2) is 0 Å². The monoisotopic (exact) mass is 263 g/mol. The molecule has 1 aromatic carbocycles. The van der Waals surface area contributed by atoms with E-state index in [9.17, 15) is 8.78 Å². The predicted molar refractivity (Wildman–Crippen MR) is 71.0 cm³/mol. The van der Waals surface area contributed by atoms with E-state index < -0.39 is 11.6 Å². The quantitative estimate of drug-likeness (QED) is 0.921. The molecule has 100 valence electrons. The Balaban J connectivity index is 2.64. The Hall–Kier alpha value is -2.04. The fraction of sp³-hybridized carbons (Fsp3) is 0.286. The number of rotatable bonds is 3. The molecule has 19 heavy (non-hydrogen) atoms. The van der Waals surface area contributed by atoms with Crippen molar-refractivity contribution in [2.75, 3.05) is 11.9 Å². The molecule has 0 spiro atoms. The number of aromatic nitrogens is 2. The topological polar surface area (TPSA) is 37.8 Å². The molecule has 0 atom stereocenters. The van der Waals surface area contributed by atoms with Crippen LogP contribution in [0.4, 0.5) is 14.6 Å². The zero-order valence-corrected chi connectivity index (χ0v) is 11.1. The highest BCUT2D eigenvalue weighted by atomic mass is 19.1. The van der Waals surface area contributed by atoms with Crippen LogP contribution in [-0.4, -0.2) is 16.5 Å². The molecule has 2 aromatic rings. The molecule has 0 bridgehead atoms. The van der Waals surface area contributed by atoms with Crippen molar-refractivity contribution < 1.29 is 8.78 Å². The fourth-order valence-corrected chi connectivity index (χ4v) is 1.91. The predicted octanol–water partition coefficient (Wildman–Crippen LogP) is 3.47. The van der Waals surface area contributed by atoms with E-state index in [0.717, 1.165) is 18.2 Å². The molecule has 2 rings (SSSR count). The molecule has 0 radical (unpaired) electrons. The van der Waals surface area contributed by atoms with E-state index in [-0.39, 0.29) is 5.56 Å². The number of hydrogen-bond donors (Lipinski definition) is 1. The maximum Gasteiger partial charge on any atom is 0.133 e. The van der Waals surface area contributed by atoms with Crippen molar-refractivity contribution in [2.24, 2.45) is 0 Å². The third-order valence-corrected chi connectivity index (χ3v) is 2.79. The van der Waals surface area contributed by atoms with Crippen LogP contribution in [-0.2, 0) is 0 Å². The number of hydrogen-bond acceptors (Lipinski definition) is 3. The van der Waals surface area contributed by atoms with Crippen LogP contribution in [0.1, 0.15) is 18.3 Å². The lowest BCUT2D eigenvalue weighted by atomic mass is 10.1. The van der Waals surface area contributed by atoms with E-state index in [1.165, 1.54) is 0 Å². The van der Waals surface area contributed by atoms with Crippen LogP contribution in [0.25, 0.3) is 11.3 Å². The van der Waals surface area contributed by atoms with Crippen molar-refractivity contribution in [3.8, 4) is 11.3 Å². The summed E-state index contributed by atoms with van der Waals surface area (Å²) in [7, 11) is 0. The maximum atomic E-state index is 13.8. The van der Waals surface area contributed by atoms with E-state index in [1.807, 2.05) is 6.92 Å². The highest BCUT2D eigenvalue weighted by Gasteiger charge is 2.14. The number of benzene rings is 1. The summed E-state index contributed by atoms with van der Waals surface area (Å²) in [5, 5.41) is 3.09. The Kier molecular flexibility index (Phi) is 3.74. The van der Waals surface area contributed by atoms with Gasteiger partial charge in [0, 0.05) is 17.7 Å². The average Bonchev–Trinajstić information content (AvgIpc) is 2.37. The molecular weight excluding hydrogens is 248 g/mol. The molecule has 0 unspecified atom stereocenters. The van der Waals surface area contributed by atoms with Crippen molar-refractivity contribution in [1.82, 2.24) is 9.97 Å². The highest BCUT2D eigenvalue weighted by Crippen LogP contribution is 2.28. The number of halogens is 2. The lowest BCUT2D eigenvalue weighted by Gasteiger charge is -2.12. The van der Waals surface area contributed by atoms with Gasteiger partial charge in [-0.05, 0) is 39.0 Å². The van der Waals surface area contributed by atoms with Gasteiger partial charge in [0.1, 0.15) is 23.3 Å². The Bertz CT molecular complexity index is 612. The maximum absolute atomic E-state index is 13.8. The SMILES string of the molecule is CCNc1nc(C)nc(-c2cc(F)ccc2F)c1C. The van der Waals surface area contributed by atoms with Crippen LogP contribution < -0.4 is 5.32 Å². The summed E-state index contributed by atoms with van der Waals surface area (Å²) < 4.78 is 27.1. The van der Waals surface area contributed by atoms with E-state index in [0.29, 0.717) is 29.4 Å². The van der Waals surface area contributed by atoms with Crippen LogP contribution in [0.3, 0.4) is 0 Å². The van der Waals surface area contributed by atoms with Gasteiger partial charge in [-0.15, -0.1) is 0 Å². The fourth-order valence-electron chi connectivity index (χ4n) is 1.91. The van der Waals surface area contributed by atoms with Gasteiger partial charge in [-0.25, -0.2) is 18.7 Å². The minimum atomic E-state index is -0.495. The lowest BCUT2D eigenvalue weighted by molar-refractivity contribution is 0.602. The van der Waals surface area contributed by atoms with E-state index >= 15 is 0 Å². The Morgan fingerprint density at radius 3 is 2.58 bits per heavy atom. The third kappa shape index (κ3) is 2.70. The Morgan fingerprint density at radius 2 is 1.89 bits per heavy atom. The summed E-state index contributed by atoms with van der Waals surface area (Å²) in [4.78, 5) is 8.49. The van der Waals surface area contributed by atoms with Gasteiger partial charge in [-0.1, -0.05) is 0 Å². The second-order valence-electron chi connectivity index (χ2n) is 4.25. The highest BCUT2D eigenvalue weighted by molar-refractivity contribution is 5.68. The van der Waals surface area contributed by atoms with Crippen LogP contribution >= 0.6 is 0 Å². The van der Waals surface area contributed by atoms with Gasteiger partial charge >= 0.3 is 0 Å².